The van der Waals surface area contributed by atoms with E-state index in [4.69, 9.17) is 0 Å². The number of carbonyl (C=O) groups excluding carboxylic acids is 1. The molecule has 1 saturated heterocycles. The fourth-order valence-corrected chi connectivity index (χ4v) is 3.55. The van der Waals surface area contributed by atoms with Crippen molar-refractivity contribution in [2.75, 3.05) is 32.9 Å². The molecule has 23 heavy (non-hydrogen) atoms. The number of amides is 2. The van der Waals surface area contributed by atoms with E-state index in [0.717, 1.165) is 30.0 Å². The second kappa shape index (κ2) is 9.13. The summed E-state index contributed by atoms with van der Waals surface area (Å²) in [5.41, 5.74) is 1.90. The van der Waals surface area contributed by atoms with Gasteiger partial charge < -0.3 is 15.5 Å². The molecule has 128 valence electrons. The maximum absolute atomic E-state index is 13.3. The lowest BCUT2D eigenvalue weighted by atomic mass is 9.99. The molecule has 0 spiro atoms. The summed E-state index contributed by atoms with van der Waals surface area (Å²) in [6.45, 7) is 3.31. The fourth-order valence-electron chi connectivity index (χ4n) is 2.97. The molecular formula is C17H26FN3OS. The van der Waals surface area contributed by atoms with Crippen LogP contribution in [0.4, 0.5) is 9.18 Å². The molecule has 1 aliphatic heterocycles. The van der Waals surface area contributed by atoms with Gasteiger partial charge in [0.15, 0.2) is 0 Å². The summed E-state index contributed by atoms with van der Waals surface area (Å²) in [6.07, 6.45) is 4.34. The minimum Gasteiger partial charge on any atom is -0.338 e. The van der Waals surface area contributed by atoms with Gasteiger partial charge >= 0.3 is 6.03 Å². The Bertz CT molecular complexity index is 527. The molecule has 2 N–H and O–H groups in total. The summed E-state index contributed by atoms with van der Waals surface area (Å²) in [5.74, 6) is 1.03. The third-order valence-electron chi connectivity index (χ3n) is 4.18. The van der Waals surface area contributed by atoms with Gasteiger partial charge in [0, 0.05) is 25.4 Å². The Morgan fingerprint density at radius 1 is 1.39 bits per heavy atom. The van der Waals surface area contributed by atoms with Crippen molar-refractivity contribution < 1.29 is 9.18 Å². The summed E-state index contributed by atoms with van der Waals surface area (Å²) < 4.78 is 13.3. The second-order valence-electron chi connectivity index (χ2n) is 6.18. The first-order valence-corrected chi connectivity index (χ1v) is 9.44. The van der Waals surface area contributed by atoms with Crippen molar-refractivity contribution in [1.29, 1.82) is 0 Å². The Balaban J connectivity index is 1.78. The maximum Gasteiger partial charge on any atom is 0.315 e. The van der Waals surface area contributed by atoms with Gasteiger partial charge in [-0.15, -0.1) is 0 Å². The smallest absolute Gasteiger partial charge is 0.315 e. The van der Waals surface area contributed by atoms with Crippen molar-refractivity contribution in [2.45, 2.75) is 25.1 Å². The minimum atomic E-state index is -0.233. The van der Waals surface area contributed by atoms with Crippen LogP contribution < -0.4 is 10.6 Å². The van der Waals surface area contributed by atoms with Crippen LogP contribution in [0, 0.1) is 11.7 Å². The molecule has 4 nitrogen and oxygen atoms in total. The predicted molar refractivity (Wildman–Crippen MR) is 94.1 cm³/mol. The van der Waals surface area contributed by atoms with Crippen molar-refractivity contribution >= 4 is 17.8 Å². The summed E-state index contributed by atoms with van der Waals surface area (Å²) in [7, 11) is 2.12. The zero-order valence-electron chi connectivity index (χ0n) is 13.9. The molecule has 1 aliphatic rings. The molecule has 1 heterocycles. The molecule has 0 bridgehead atoms. The van der Waals surface area contributed by atoms with E-state index in [9.17, 15) is 9.18 Å². The average molecular weight is 339 g/mol. The Kier molecular flexibility index (Phi) is 7.17. The van der Waals surface area contributed by atoms with Gasteiger partial charge in [0.1, 0.15) is 5.82 Å². The zero-order valence-corrected chi connectivity index (χ0v) is 14.7. The molecule has 0 unspecified atom stereocenters. The number of piperidine rings is 1. The molecule has 2 amide bonds. The Morgan fingerprint density at radius 2 is 2.22 bits per heavy atom. The van der Waals surface area contributed by atoms with Crippen LogP contribution in [0.5, 0.6) is 0 Å². The van der Waals surface area contributed by atoms with E-state index in [-0.39, 0.29) is 11.8 Å². The molecular weight excluding hydrogens is 313 g/mol. The Labute approximate surface area is 142 Å². The van der Waals surface area contributed by atoms with Gasteiger partial charge in [0.25, 0.3) is 0 Å². The Hall–Kier alpha value is -1.27. The summed E-state index contributed by atoms with van der Waals surface area (Å²) in [5, 5.41) is 5.82. The zero-order chi connectivity index (χ0) is 16.7. The van der Waals surface area contributed by atoms with Crippen molar-refractivity contribution in [3.05, 3.63) is 35.1 Å². The van der Waals surface area contributed by atoms with Crippen LogP contribution in [0.1, 0.15) is 24.0 Å². The molecule has 0 aromatic heterocycles. The van der Waals surface area contributed by atoms with Crippen LogP contribution in [0.15, 0.2) is 18.2 Å². The number of nitrogens with zero attached hydrogens (tertiary/aromatic N) is 1. The van der Waals surface area contributed by atoms with E-state index >= 15 is 0 Å². The monoisotopic (exact) mass is 339 g/mol. The van der Waals surface area contributed by atoms with Gasteiger partial charge in [-0.25, -0.2) is 9.18 Å². The van der Waals surface area contributed by atoms with Crippen LogP contribution in [0.3, 0.4) is 0 Å². The molecule has 0 saturated carbocycles. The van der Waals surface area contributed by atoms with Crippen LogP contribution >= 0.6 is 11.8 Å². The second-order valence-corrected chi connectivity index (χ2v) is 7.05. The number of nitrogens with one attached hydrogen (secondary N) is 2. The lowest BCUT2D eigenvalue weighted by Gasteiger charge is -2.29. The van der Waals surface area contributed by atoms with Crippen LogP contribution in [-0.2, 0) is 12.3 Å². The highest BCUT2D eigenvalue weighted by Crippen LogP contribution is 2.17. The number of benzene rings is 1. The van der Waals surface area contributed by atoms with Crippen molar-refractivity contribution in [3.63, 3.8) is 0 Å². The molecule has 0 aliphatic carbocycles. The van der Waals surface area contributed by atoms with Gasteiger partial charge in [0.05, 0.1) is 0 Å². The van der Waals surface area contributed by atoms with E-state index in [0.29, 0.717) is 19.0 Å². The third kappa shape index (κ3) is 6.03. The number of carbonyl (C=O) groups is 1. The van der Waals surface area contributed by atoms with Gasteiger partial charge in [-0.2, -0.15) is 11.8 Å². The summed E-state index contributed by atoms with van der Waals surface area (Å²) >= 11 is 1.64. The SMILES string of the molecule is CSCc1cc(F)ccc1CNC(=O)NC[C@H]1CCCN(C)C1. The van der Waals surface area contributed by atoms with Gasteiger partial charge in [0.2, 0.25) is 0 Å². The van der Waals surface area contributed by atoms with Gasteiger partial charge in [-0.3, -0.25) is 0 Å². The highest BCUT2D eigenvalue weighted by Gasteiger charge is 2.17. The highest BCUT2D eigenvalue weighted by atomic mass is 32.2. The number of likely N-dealkylation sites (tertiary alicyclic amines) is 1. The first-order chi connectivity index (χ1) is 11.1. The van der Waals surface area contributed by atoms with Gasteiger partial charge in [-0.05, 0) is 61.9 Å². The molecule has 1 fully saturated rings. The van der Waals surface area contributed by atoms with Crippen molar-refractivity contribution in [2.24, 2.45) is 5.92 Å². The number of urea groups is 1. The summed E-state index contributed by atoms with van der Waals surface area (Å²) in [4.78, 5) is 14.3. The summed E-state index contributed by atoms with van der Waals surface area (Å²) in [6, 6.07) is 4.58. The van der Waals surface area contributed by atoms with Crippen molar-refractivity contribution in [1.82, 2.24) is 15.5 Å². The van der Waals surface area contributed by atoms with E-state index in [1.807, 2.05) is 6.26 Å². The van der Waals surface area contributed by atoms with E-state index in [1.165, 1.54) is 18.9 Å². The maximum atomic E-state index is 13.3. The first kappa shape index (κ1) is 18.1. The molecule has 1 atom stereocenters. The number of halogens is 1. The Morgan fingerprint density at radius 3 is 2.96 bits per heavy atom. The highest BCUT2D eigenvalue weighted by molar-refractivity contribution is 7.97. The lowest BCUT2D eigenvalue weighted by Crippen LogP contribution is -2.42. The minimum absolute atomic E-state index is 0.155. The molecule has 2 rings (SSSR count). The number of hydrogen-bond acceptors (Lipinski definition) is 3. The third-order valence-corrected chi connectivity index (χ3v) is 4.78. The molecule has 0 radical (unpaired) electrons. The number of rotatable bonds is 6. The fraction of sp³-hybridized carbons (Fsp3) is 0.588. The predicted octanol–water partition coefficient (Wildman–Crippen LogP) is 2.83. The first-order valence-electron chi connectivity index (χ1n) is 8.05. The van der Waals surface area contributed by atoms with E-state index < -0.39 is 0 Å². The molecule has 1 aromatic carbocycles. The van der Waals surface area contributed by atoms with E-state index in [2.05, 4.69) is 22.6 Å². The lowest BCUT2D eigenvalue weighted by molar-refractivity contribution is 0.202. The van der Waals surface area contributed by atoms with Crippen molar-refractivity contribution in [3.8, 4) is 0 Å². The topological polar surface area (TPSA) is 44.4 Å². The average Bonchev–Trinajstić information content (AvgIpc) is 2.52. The van der Waals surface area contributed by atoms with E-state index in [1.54, 1.807) is 23.9 Å². The number of hydrogen-bond donors (Lipinski definition) is 2. The molecule has 1 aromatic rings. The number of thioether (sulfide) groups is 1. The van der Waals surface area contributed by atoms with Crippen LogP contribution in [0.2, 0.25) is 0 Å². The van der Waals surface area contributed by atoms with Crippen LogP contribution in [0.25, 0.3) is 0 Å². The van der Waals surface area contributed by atoms with Crippen LogP contribution in [-0.4, -0.2) is 43.9 Å². The largest absolute Gasteiger partial charge is 0.338 e. The quantitative estimate of drug-likeness (QED) is 0.838. The molecule has 6 heteroatoms. The standard InChI is InChI=1S/C17H26FN3OS/c1-21-7-3-4-13(11-21)9-19-17(22)20-10-14-5-6-16(18)8-15(14)12-23-2/h5-6,8,13H,3-4,7,9-12H2,1-2H3,(H2,19,20,22)/t13-/m1/s1. The van der Waals surface area contributed by atoms with Gasteiger partial charge in [-0.1, -0.05) is 6.07 Å². The normalized spacial score (nSPS) is 18.7.